The number of aromatic nitrogens is 2. The van der Waals surface area contributed by atoms with Crippen LogP contribution in [-0.2, 0) is 4.79 Å². The first kappa shape index (κ1) is 22.0. The van der Waals surface area contributed by atoms with Crippen LogP contribution in [0.4, 0.5) is 0 Å². The minimum Gasteiger partial charge on any atom is -0.346 e. The van der Waals surface area contributed by atoms with E-state index in [2.05, 4.69) is 15.3 Å². The fourth-order valence-corrected chi connectivity index (χ4v) is 2.72. The minimum absolute atomic E-state index is 0. The van der Waals surface area contributed by atoms with Crippen molar-refractivity contribution in [3.63, 3.8) is 0 Å². The highest BCUT2D eigenvalue weighted by Crippen LogP contribution is 2.21. The second-order valence-electron chi connectivity index (χ2n) is 6.09. The van der Waals surface area contributed by atoms with Gasteiger partial charge in [0.1, 0.15) is 5.82 Å². The second kappa shape index (κ2) is 9.57. The molecule has 0 aliphatic carbocycles. The zero-order valence-corrected chi connectivity index (χ0v) is 16.3. The van der Waals surface area contributed by atoms with Gasteiger partial charge in [-0.2, -0.15) is 0 Å². The fourth-order valence-electron chi connectivity index (χ4n) is 2.72. The summed E-state index contributed by atoms with van der Waals surface area (Å²) in [5.74, 6) is 0.323. The number of H-pyrrole nitrogens is 1. The highest BCUT2D eigenvalue weighted by atomic mass is 35.5. The molecule has 0 saturated carbocycles. The van der Waals surface area contributed by atoms with Gasteiger partial charge < -0.3 is 16.0 Å². The Bertz CT molecular complexity index is 805. The number of nitrogens with two attached hydrogens (primary N) is 1. The van der Waals surface area contributed by atoms with Crippen LogP contribution in [0.1, 0.15) is 37.3 Å². The van der Waals surface area contributed by atoms with E-state index in [1.165, 1.54) is 0 Å². The molecule has 0 bridgehead atoms. The van der Waals surface area contributed by atoms with Crippen molar-refractivity contribution in [2.24, 2.45) is 11.7 Å². The van der Waals surface area contributed by atoms with Gasteiger partial charge in [0.15, 0.2) is 0 Å². The molecule has 4 N–H and O–H groups in total. The molecule has 3 rings (SSSR count). The molecule has 26 heavy (non-hydrogen) atoms. The fraction of sp³-hybridized carbons (Fsp3) is 0.263. The predicted molar refractivity (Wildman–Crippen MR) is 110 cm³/mol. The van der Waals surface area contributed by atoms with E-state index in [0.717, 1.165) is 22.4 Å². The molecule has 0 spiro atoms. The number of rotatable bonds is 5. The number of para-hydroxylation sites is 2. The smallest absolute Gasteiger partial charge is 0.225 e. The number of hydrogen-bond donors (Lipinski definition) is 3. The summed E-state index contributed by atoms with van der Waals surface area (Å²) in [6, 6.07) is 16.9. The maximum absolute atomic E-state index is 12.5. The second-order valence-corrected chi connectivity index (χ2v) is 6.09. The molecule has 7 heteroatoms. The molecule has 0 aliphatic rings. The molecule has 140 valence electrons. The summed E-state index contributed by atoms with van der Waals surface area (Å²) < 4.78 is 0. The number of fused-ring (bicyclic) bond motifs is 1. The van der Waals surface area contributed by atoms with Crippen molar-refractivity contribution in [1.29, 1.82) is 0 Å². The van der Waals surface area contributed by atoms with E-state index in [1.54, 1.807) is 0 Å². The average molecular weight is 395 g/mol. The molecule has 0 radical (unpaired) electrons. The van der Waals surface area contributed by atoms with Crippen LogP contribution < -0.4 is 11.1 Å². The van der Waals surface area contributed by atoms with E-state index < -0.39 is 0 Å². The number of carbonyl (C=O) groups excluding carboxylic acids is 1. The lowest BCUT2D eigenvalue weighted by atomic mass is 9.94. The van der Waals surface area contributed by atoms with Crippen LogP contribution in [0, 0.1) is 5.92 Å². The van der Waals surface area contributed by atoms with Gasteiger partial charge in [0.25, 0.3) is 0 Å². The van der Waals surface area contributed by atoms with E-state index >= 15 is 0 Å². The number of imidazole rings is 1. The highest BCUT2D eigenvalue weighted by molar-refractivity contribution is 5.85. The Morgan fingerprint density at radius 2 is 1.65 bits per heavy atom. The van der Waals surface area contributed by atoms with Gasteiger partial charge in [-0.1, -0.05) is 49.4 Å². The first-order valence-electron chi connectivity index (χ1n) is 8.12. The molecule has 0 aliphatic heterocycles. The number of nitrogens with zero attached hydrogens (tertiary/aromatic N) is 1. The number of amides is 1. The van der Waals surface area contributed by atoms with Crippen LogP contribution >= 0.6 is 24.8 Å². The van der Waals surface area contributed by atoms with Crippen LogP contribution in [-0.4, -0.2) is 15.9 Å². The lowest BCUT2D eigenvalue weighted by Crippen LogP contribution is -2.37. The van der Waals surface area contributed by atoms with Gasteiger partial charge in [0.2, 0.25) is 5.91 Å². The third-order valence-corrected chi connectivity index (χ3v) is 4.31. The topological polar surface area (TPSA) is 83.8 Å². The Balaban J connectivity index is 0.00000169. The van der Waals surface area contributed by atoms with Gasteiger partial charge in [0, 0.05) is 6.04 Å². The lowest BCUT2D eigenvalue weighted by molar-refractivity contribution is -0.125. The van der Waals surface area contributed by atoms with Crippen molar-refractivity contribution in [3.05, 3.63) is 66.0 Å². The minimum atomic E-state index is -0.339. The molecule has 1 amide bonds. The molecule has 5 nitrogen and oxygen atoms in total. The van der Waals surface area contributed by atoms with Crippen LogP contribution in [0.5, 0.6) is 0 Å². The third-order valence-electron chi connectivity index (χ3n) is 4.31. The van der Waals surface area contributed by atoms with Gasteiger partial charge in [-0.05, 0) is 24.6 Å². The Labute approximate surface area is 165 Å². The van der Waals surface area contributed by atoms with Crippen LogP contribution in [0.2, 0.25) is 0 Å². The van der Waals surface area contributed by atoms with Crippen molar-refractivity contribution in [1.82, 2.24) is 15.3 Å². The molecule has 3 aromatic rings. The van der Waals surface area contributed by atoms with Gasteiger partial charge in [0.05, 0.1) is 23.0 Å². The summed E-state index contributed by atoms with van der Waals surface area (Å²) in [6.07, 6.45) is 0. The molecule has 1 aromatic heterocycles. The molecular weight excluding hydrogens is 371 g/mol. The van der Waals surface area contributed by atoms with E-state index in [4.69, 9.17) is 5.73 Å². The molecule has 3 atom stereocenters. The number of carbonyl (C=O) groups is 1. The van der Waals surface area contributed by atoms with Crippen LogP contribution in [0.25, 0.3) is 11.0 Å². The lowest BCUT2D eigenvalue weighted by Gasteiger charge is -2.21. The van der Waals surface area contributed by atoms with Gasteiger partial charge in [-0.25, -0.2) is 4.98 Å². The average Bonchev–Trinajstić information content (AvgIpc) is 3.05. The maximum Gasteiger partial charge on any atom is 0.225 e. The normalized spacial score (nSPS) is 13.8. The summed E-state index contributed by atoms with van der Waals surface area (Å²) in [7, 11) is 0. The first-order valence-corrected chi connectivity index (χ1v) is 8.12. The summed E-state index contributed by atoms with van der Waals surface area (Å²) in [5, 5.41) is 2.99. The Hall–Kier alpha value is -2.08. The largest absolute Gasteiger partial charge is 0.346 e. The van der Waals surface area contributed by atoms with E-state index in [9.17, 15) is 4.79 Å². The maximum atomic E-state index is 12.5. The SMILES string of the molecule is CC(NC(=O)C(C)C(N)c1ccccc1)c1nc2ccccc2[nH]1.Cl.Cl. The summed E-state index contributed by atoms with van der Waals surface area (Å²) in [4.78, 5) is 20.3. The quantitative estimate of drug-likeness (QED) is 0.612. The van der Waals surface area contributed by atoms with Crippen LogP contribution in [0.3, 0.4) is 0 Å². The number of aromatic amines is 1. The molecule has 0 fully saturated rings. The number of benzene rings is 2. The van der Waals surface area contributed by atoms with Crippen molar-refractivity contribution in [2.45, 2.75) is 25.9 Å². The zero-order valence-electron chi connectivity index (χ0n) is 14.7. The summed E-state index contributed by atoms with van der Waals surface area (Å²) >= 11 is 0. The van der Waals surface area contributed by atoms with Gasteiger partial charge in [-0.3, -0.25) is 4.79 Å². The van der Waals surface area contributed by atoms with Crippen LogP contribution in [0.15, 0.2) is 54.6 Å². The molecule has 0 saturated heterocycles. The zero-order chi connectivity index (χ0) is 17.1. The predicted octanol–water partition coefficient (Wildman–Crippen LogP) is 3.92. The Morgan fingerprint density at radius 3 is 2.31 bits per heavy atom. The molecule has 1 heterocycles. The number of nitrogens with one attached hydrogen (secondary N) is 2. The van der Waals surface area contributed by atoms with Crippen molar-refractivity contribution >= 4 is 41.8 Å². The molecule has 2 aromatic carbocycles. The summed E-state index contributed by atoms with van der Waals surface area (Å²) in [5.41, 5.74) is 9.04. The van der Waals surface area contributed by atoms with Crippen molar-refractivity contribution in [3.8, 4) is 0 Å². The highest BCUT2D eigenvalue weighted by Gasteiger charge is 2.24. The third kappa shape index (κ3) is 4.75. The van der Waals surface area contributed by atoms with E-state index in [1.807, 2.05) is 68.4 Å². The number of hydrogen-bond acceptors (Lipinski definition) is 3. The summed E-state index contributed by atoms with van der Waals surface area (Å²) in [6.45, 7) is 3.76. The van der Waals surface area contributed by atoms with Gasteiger partial charge in [-0.15, -0.1) is 24.8 Å². The molecular formula is C19H24Cl2N4O. The monoisotopic (exact) mass is 394 g/mol. The number of halogens is 2. The Morgan fingerprint density at radius 1 is 1.04 bits per heavy atom. The molecule has 3 unspecified atom stereocenters. The Kier molecular flexibility index (Phi) is 8.08. The van der Waals surface area contributed by atoms with Gasteiger partial charge >= 0.3 is 0 Å². The standard InChI is InChI=1S/C19H22N4O.2ClH/c1-12(17(20)14-8-4-3-5-9-14)19(24)21-13(2)18-22-15-10-6-7-11-16(15)23-18;;/h3-13,17H,20H2,1-2H3,(H,21,24)(H,22,23);2*1H. The van der Waals surface area contributed by atoms with E-state index in [-0.39, 0.29) is 48.7 Å². The first-order chi connectivity index (χ1) is 11.6. The van der Waals surface area contributed by atoms with Crippen molar-refractivity contribution < 1.29 is 4.79 Å². The van der Waals surface area contributed by atoms with Crippen molar-refractivity contribution in [2.75, 3.05) is 0 Å². The van der Waals surface area contributed by atoms with E-state index in [0.29, 0.717) is 0 Å².